The molecule has 0 spiro atoms. The van der Waals surface area contributed by atoms with Crippen molar-refractivity contribution in [3.05, 3.63) is 38.2 Å². The van der Waals surface area contributed by atoms with Gasteiger partial charge in [0.2, 0.25) is 0 Å². The highest BCUT2D eigenvalue weighted by molar-refractivity contribution is 9.10. The zero-order chi connectivity index (χ0) is 18.4. The number of hydrogen-bond acceptors (Lipinski definition) is 5. The van der Waals surface area contributed by atoms with Gasteiger partial charge in [0, 0.05) is 4.88 Å². The highest BCUT2D eigenvalue weighted by atomic mass is 79.9. The van der Waals surface area contributed by atoms with E-state index in [0.717, 1.165) is 39.9 Å². The number of carbonyl (C=O) groups excluding carboxylic acids is 1. The molecule has 2 atom stereocenters. The largest absolute Gasteiger partial charge is 0.493 e. The fraction of sp³-hybridized carbons (Fsp3) is 0.421. The molecule has 0 unspecified atom stereocenters. The van der Waals surface area contributed by atoms with Crippen LogP contribution in [-0.2, 0) is 12.8 Å². The van der Waals surface area contributed by atoms with Crippen LogP contribution < -0.4 is 20.1 Å². The molecule has 0 fully saturated rings. The third kappa shape index (κ3) is 2.87. The number of hydrogen-bond donors (Lipinski definition) is 2. The molecular weight excluding hydrogens is 416 g/mol. The average molecular weight is 437 g/mol. The number of carbonyl (C=O) groups is 1. The van der Waals surface area contributed by atoms with Gasteiger partial charge in [-0.1, -0.05) is 6.92 Å². The van der Waals surface area contributed by atoms with Gasteiger partial charge in [-0.05, 0) is 64.4 Å². The summed E-state index contributed by atoms with van der Waals surface area (Å²) in [5, 5.41) is 7.57. The predicted octanol–water partition coefficient (Wildman–Crippen LogP) is 4.51. The highest BCUT2D eigenvalue weighted by Crippen LogP contribution is 2.44. The van der Waals surface area contributed by atoms with Crippen molar-refractivity contribution in [3.63, 3.8) is 0 Å². The van der Waals surface area contributed by atoms with E-state index in [0.29, 0.717) is 17.4 Å². The normalized spacial score (nSPS) is 21.3. The zero-order valence-electron chi connectivity index (χ0n) is 14.9. The summed E-state index contributed by atoms with van der Waals surface area (Å²) >= 11 is 5.25. The van der Waals surface area contributed by atoms with Crippen LogP contribution >= 0.6 is 27.3 Å². The Morgan fingerprint density at radius 3 is 2.77 bits per heavy atom. The molecule has 1 aliphatic carbocycles. The zero-order valence-corrected chi connectivity index (χ0v) is 17.3. The number of benzene rings is 1. The van der Waals surface area contributed by atoms with Crippen molar-refractivity contribution < 1.29 is 14.3 Å². The molecule has 0 radical (unpaired) electrons. The van der Waals surface area contributed by atoms with Gasteiger partial charge in [-0.25, -0.2) is 0 Å². The molecule has 0 saturated heterocycles. The lowest BCUT2D eigenvalue weighted by atomic mass is 9.88. The fourth-order valence-electron chi connectivity index (χ4n) is 3.73. The number of anilines is 1. The Kier molecular flexibility index (Phi) is 4.61. The number of methoxy groups -OCH3 is 2. The molecule has 1 aromatic heterocycles. The number of amides is 1. The smallest absolute Gasteiger partial charge is 0.256 e. The van der Waals surface area contributed by atoms with E-state index in [1.165, 1.54) is 10.4 Å². The summed E-state index contributed by atoms with van der Waals surface area (Å²) in [6.07, 6.45) is 2.90. The average Bonchev–Trinajstić information content (AvgIpc) is 2.98. The Bertz CT molecular complexity index is 880. The molecule has 2 heterocycles. The lowest BCUT2D eigenvalue weighted by Crippen LogP contribution is -2.38. The summed E-state index contributed by atoms with van der Waals surface area (Å²) in [6.45, 7) is 2.28. The Labute approximate surface area is 165 Å². The van der Waals surface area contributed by atoms with Gasteiger partial charge in [0.05, 0.1) is 24.3 Å². The van der Waals surface area contributed by atoms with Crippen LogP contribution in [0.4, 0.5) is 5.00 Å². The van der Waals surface area contributed by atoms with Gasteiger partial charge < -0.3 is 20.1 Å². The standard InChI is InChI=1S/C19H21BrN2O3S/c1-9-4-5-11-14(6-9)26-19-15(11)18(23)21-17(22-19)10-7-12(20)16(25-3)13(8-10)24-2/h7-9,17,22H,4-6H2,1-3H3,(H,21,23)/t9-,17+/m1/s1. The first kappa shape index (κ1) is 17.7. The molecule has 7 heteroatoms. The van der Waals surface area contributed by atoms with Gasteiger partial charge in [-0.15, -0.1) is 11.3 Å². The van der Waals surface area contributed by atoms with Crippen LogP contribution in [0, 0.1) is 5.92 Å². The number of halogens is 1. The topological polar surface area (TPSA) is 59.6 Å². The van der Waals surface area contributed by atoms with Gasteiger partial charge >= 0.3 is 0 Å². The molecule has 2 aromatic rings. The molecule has 0 bridgehead atoms. The summed E-state index contributed by atoms with van der Waals surface area (Å²) in [5.41, 5.74) is 2.99. The molecule has 4 rings (SSSR count). The molecule has 1 amide bonds. The number of nitrogens with one attached hydrogen (secondary N) is 2. The molecule has 2 N–H and O–H groups in total. The van der Waals surface area contributed by atoms with Crippen molar-refractivity contribution in [3.8, 4) is 11.5 Å². The number of rotatable bonds is 3. The van der Waals surface area contributed by atoms with Gasteiger partial charge in [0.25, 0.3) is 5.91 Å². The molecule has 2 aliphatic rings. The van der Waals surface area contributed by atoms with E-state index in [9.17, 15) is 4.79 Å². The van der Waals surface area contributed by atoms with Gasteiger partial charge in [0.15, 0.2) is 11.5 Å². The minimum absolute atomic E-state index is 0.00158. The first-order valence-corrected chi connectivity index (χ1v) is 10.3. The molecule has 26 heavy (non-hydrogen) atoms. The first-order valence-electron chi connectivity index (χ1n) is 8.65. The van der Waals surface area contributed by atoms with Crippen LogP contribution in [0.25, 0.3) is 0 Å². The third-order valence-corrected chi connectivity index (χ3v) is 6.85. The summed E-state index contributed by atoms with van der Waals surface area (Å²) in [4.78, 5) is 14.2. The molecule has 138 valence electrons. The number of thiophene rings is 1. The molecule has 0 saturated carbocycles. The maximum atomic E-state index is 12.8. The molecular formula is C19H21BrN2O3S. The second kappa shape index (κ2) is 6.78. The second-order valence-corrected chi connectivity index (χ2v) is 8.80. The van der Waals surface area contributed by atoms with E-state index in [1.807, 2.05) is 12.1 Å². The molecule has 1 aromatic carbocycles. The van der Waals surface area contributed by atoms with Gasteiger partial charge in [0.1, 0.15) is 11.2 Å². The van der Waals surface area contributed by atoms with Crippen LogP contribution in [-0.4, -0.2) is 20.1 Å². The van der Waals surface area contributed by atoms with Crippen LogP contribution in [0.5, 0.6) is 11.5 Å². The SMILES string of the molecule is COc1cc([C@H]2NC(=O)c3c(sc4c3CC[C@@H](C)C4)N2)cc(Br)c1OC. The van der Waals surface area contributed by atoms with Crippen LogP contribution in [0.1, 0.15) is 45.9 Å². The van der Waals surface area contributed by atoms with E-state index in [2.05, 4.69) is 33.5 Å². The Balaban J connectivity index is 1.70. The van der Waals surface area contributed by atoms with Crippen molar-refractivity contribution in [2.24, 2.45) is 5.92 Å². The van der Waals surface area contributed by atoms with Crippen molar-refractivity contribution in [1.82, 2.24) is 5.32 Å². The lowest BCUT2D eigenvalue weighted by molar-refractivity contribution is 0.0935. The van der Waals surface area contributed by atoms with Crippen molar-refractivity contribution >= 4 is 38.2 Å². The monoisotopic (exact) mass is 436 g/mol. The fourth-order valence-corrected chi connectivity index (χ4v) is 5.79. The lowest BCUT2D eigenvalue weighted by Gasteiger charge is -2.27. The maximum absolute atomic E-state index is 12.8. The summed E-state index contributed by atoms with van der Waals surface area (Å²) < 4.78 is 11.6. The van der Waals surface area contributed by atoms with Crippen molar-refractivity contribution in [1.29, 1.82) is 0 Å². The Hall–Kier alpha value is -1.73. The first-order chi connectivity index (χ1) is 12.5. The van der Waals surface area contributed by atoms with Crippen molar-refractivity contribution in [2.45, 2.75) is 32.4 Å². The van der Waals surface area contributed by atoms with Gasteiger partial charge in [-0.2, -0.15) is 0 Å². The van der Waals surface area contributed by atoms with Crippen LogP contribution in [0.2, 0.25) is 0 Å². The van der Waals surface area contributed by atoms with E-state index in [-0.39, 0.29) is 12.1 Å². The van der Waals surface area contributed by atoms with Crippen LogP contribution in [0.15, 0.2) is 16.6 Å². The van der Waals surface area contributed by atoms with Crippen LogP contribution in [0.3, 0.4) is 0 Å². The molecule has 5 nitrogen and oxygen atoms in total. The summed E-state index contributed by atoms with van der Waals surface area (Å²) in [7, 11) is 3.21. The number of fused-ring (bicyclic) bond motifs is 3. The second-order valence-electron chi connectivity index (χ2n) is 6.84. The Morgan fingerprint density at radius 1 is 1.23 bits per heavy atom. The minimum atomic E-state index is -0.302. The summed E-state index contributed by atoms with van der Waals surface area (Å²) in [5.74, 6) is 1.95. The van der Waals surface area contributed by atoms with E-state index >= 15 is 0 Å². The third-order valence-electron chi connectivity index (χ3n) is 5.08. The van der Waals surface area contributed by atoms with Crippen molar-refractivity contribution in [2.75, 3.05) is 19.5 Å². The van der Waals surface area contributed by atoms with E-state index in [1.54, 1.807) is 25.6 Å². The predicted molar refractivity (Wildman–Crippen MR) is 107 cm³/mol. The number of ether oxygens (including phenoxy) is 2. The quantitative estimate of drug-likeness (QED) is 0.742. The highest BCUT2D eigenvalue weighted by Gasteiger charge is 2.33. The maximum Gasteiger partial charge on any atom is 0.256 e. The molecule has 1 aliphatic heterocycles. The summed E-state index contributed by atoms with van der Waals surface area (Å²) in [6, 6.07) is 3.84. The van der Waals surface area contributed by atoms with E-state index in [4.69, 9.17) is 9.47 Å². The minimum Gasteiger partial charge on any atom is -0.493 e. The van der Waals surface area contributed by atoms with E-state index < -0.39 is 0 Å². The Morgan fingerprint density at radius 2 is 2.04 bits per heavy atom. The van der Waals surface area contributed by atoms with Gasteiger partial charge in [-0.3, -0.25) is 4.79 Å².